The topological polar surface area (TPSA) is 3.24 Å². The predicted molar refractivity (Wildman–Crippen MR) is 235 cm³/mol. The minimum atomic E-state index is -0.361. The molecule has 0 radical (unpaired) electrons. The van der Waals surface area contributed by atoms with E-state index in [4.69, 9.17) is 0 Å². The second-order valence-electron chi connectivity index (χ2n) is 15.2. The number of para-hydroxylation sites is 1. The molecule has 1 spiro atoms. The van der Waals surface area contributed by atoms with E-state index < -0.39 is 0 Å². The largest absolute Gasteiger partial charge is 0.310 e. The lowest BCUT2D eigenvalue weighted by Gasteiger charge is -2.30. The number of anilines is 3. The third-order valence-corrected chi connectivity index (χ3v) is 12.5. The van der Waals surface area contributed by atoms with Crippen LogP contribution in [0.4, 0.5) is 17.1 Å². The van der Waals surface area contributed by atoms with Crippen molar-refractivity contribution < 1.29 is 0 Å². The molecule has 0 atom stereocenters. The molecule has 0 aromatic heterocycles. The van der Waals surface area contributed by atoms with Crippen molar-refractivity contribution in [3.63, 3.8) is 0 Å². The fourth-order valence-electron chi connectivity index (χ4n) is 10.2. The molecule has 0 unspecified atom stereocenters. The Morgan fingerprint density at radius 2 is 0.714 bits per heavy atom. The molecule has 0 saturated carbocycles. The predicted octanol–water partition coefficient (Wildman–Crippen LogP) is 14.6. The Morgan fingerprint density at radius 1 is 0.286 bits per heavy atom. The van der Waals surface area contributed by atoms with Crippen molar-refractivity contribution in [3.05, 3.63) is 235 Å². The molecule has 260 valence electrons. The van der Waals surface area contributed by atoms with Gasteiger partial charge in [-0.2, -0.15) is 0 Å². The van der Waals surface area contributed by atoms with E-state index in [0.29, 0.717) is 0 Å². The van der Waals surface area contributed by atoms with E-state index in [1.165, 1.54) is 93.6 Å². The summed E-state index contributed by atoms with van der Waals surface area (Å²) in [6.07, 6.45) is 0. The van der Waals surface area contributed by atoms with Crippen LogP contribution in [0.25, 0.3) is 65.7 Å². The third-order valence-electron chi connectivity index (χ3n) is 12.5. The summed E-state index contributed by atoms with van der Waals surface area (Å²) in [7, 11) is 0. The monoisotopic (exact) mass is 709 g/mol. The Kier molecular flexibility index (Phi) is 6.62. The molecule has 2 aliphatic rings. The number of hydrogen-bond donors (Lipinski definition) is 0. The van der Waals surface area contributed by atoms with Crippen molar-refractivity contribution in [2.24, 2.45) is 0 Å². The van der Waals surface area contributed by atoms with Crippen LogP contribution in [0.2, 0.25) is 0 Å². The average molecular weight is 710 g/mol. The maximum atomic E-state index is 2.47. The van der Waals surface area contributed by atoms with E-state index in [-0.39, 0.29) is 5.41 Å². The number of fused-ring (bicyclic) bond motifs is 16. The summed E-state index contributed by atoms with van der Waals surface area (Å²) in [5, 5.41) is 7.61. The van der Waals surface area contributed by atoms with Crippen LogP contribution < -0.4 is 4.90 Å². The molecule has 0 N–H and O–H groups in total. The van der Waals surface area contributed by atoms with Gasteiger partial charge in [-0.05, 0) is 119 Å². The SMILES string of the molecule is c1ccc(N(c2ccc(-c3ccc4c(c3)C3(c5ccccc5-c5ccccc53)c3ccccc3-4)cc2)c2cccc3c4ccccc4c4ccccc4c23)cc1. The normalized spacial score (nSPS) is 13.1. The molecule has 0 heterocycles. The average Bonchev–Trinajstić information content (AvgIpc) is 3.74. The van der Waals surface area contributed by atoms with Crippen molar-refractivity contribution in [1.29, 1.82) is 0 Å². The summed E-state index contributed by atoms with van der Waals surface area (Å²) in [6, 6.07) is 78.6. The highest BCUT2D eigenvalue weighted by Gasteiger charge is 2.51. The fourth-order valence-corrected chi connectivity index (χ4v) is 10.2. The van der Waals surface area contributed by atoms with Crippen LogP contribution in [0, 0.1) is 0 Å². The summed E-state index contributed by atoms with van der Waals surface area (Å²) >= 11 is 0. The van der Waals surface area contributed by atoms with E-state index in [1.54, 1.807) is 0 Å². The molecule has 0 aliphatic heterocycles. The van der Waals surface area contributed by atoms with E-state index in [9.17, 15) is 0 Å². The first-order valence-electron chi connectivity index (χ1n) is 19.5. The maximum absolute atomic E-state index is 2.47. The van der Waals surface area contributed by atoms with Crippen LogP contribution >= 0.6 is 0 Å². The molecule has 0 fully saturated rings. The Balaban J connectivity index is 1.04. The molecule has 12 rings (SSSR count). The second-order valence-corrected chi connectivity index (χ2v) is 15.2. The van der Waals surface area contributed by atoms with Crippen molar-refractivity contribution in [1.82, 2.24) is 0 Å². The summed E-state index contributed by atoms with van der Waals surface area (Å²) in [5.41, 5.74) is 16.2. The number of hydrogen-bond acceptors (Lipinski definition) is 1. The molecule has 0 bridgehead atoms. The smallest absolute Gasteiger partial charge is 0.0725 e. The molecule has 2 aliphatic carbocycles. The number of rotatable bonds is 4. The van der Waals surface area contributed by atoms with Crippen molar-refractivity contribution in [2.75, 3.05) is 4.90 Å². The second kappa shape index (κ2) is 11.9. The molecule has 10 aromatic carbocycles. The van der Waals surface area contributed by atoms with Crippen molar-refractivity contribution in [3.8, 4) is 33.4 Å². The van der Waals surface area contributed by atoms with Gasteiger partial charge in [0, 0.05) is 16.8 Å². The van der Waals surface area contributed by atoms with Crippen LogP contribution in [0.5, 0.6) is 0 Å². The maximum Gasteiger partial charge on any atom is 0.0725 e. The third kappa shape index (κ3) is 4.20. The molecule has 1 nitrogen and oxygen atoms in total. The minimum Gasteiger partial charge on any atom is -0.310 e. The summed E-state index contributed by atoms with van der Waals surface area (Å²) in [6.45, 7) is 0. The number of nitrogens with zero attached hydrogens (tertiary/aromatic N) is 1. The lowest BCUT2D eigenvalue weighted by Crippen LogP contribution is -2.25. The Morgan fingerprint density at radius 3 is 1.30 bits per heavy atom. The molecule has 10 aromatic rings. The first-order chi connectivity index (χ1) is 27.8. The molecular weight excluding hydrogens is 675 g/mol. The molecule has 0 amide bonds. The first kappa shape index (κ1) is 31.2. The van der Waals surface area contributed by atoms with Gasteiger partial charge in [0.1, 0.15) is 0 Å². The van der Waals surface area contributed by atoms with Gasteiger partial charge in [-0.3, -0.25) is 0 Å². The van der Waals surface area contributed by atoms with E-state index in [1.807, 2.05) is 0 Å². The summed E-state index contributed by atoms with van der Waals surface area (Å²) in [4.78, 5) is 2.42. The van der Waals surface area contributed by atoms with Crippen LogP contribution in [0.1, 0.15) is 22.3 Å². The zero-order valence-electron chi connectivity index (χ0n) is 30.7. The van der Waals surface area contributed by atoms with Crippen LogP contribution in [0.3, 0.4) is 0 Å². The van der Waals surface area contributed by atoms with Crippen LogP contribution in [0.15, 0.2) is 212 Å². The highest BCUT2D eigenvalue weighted by atomic mass is 15.1. The van der Waals surface area contributed by atoms with Gasteiger partial charge in [-0.15, -0.1) is 0 Å². The van der Waals surface area contributed by atoms with Gasteiger partial charge in [0.05, 0.1) is 11.1 Å². The Bertz CT molecular complexity index is 3080. The lowest BCUT2D eigenvalue weighted by molar-refractivity contribution is 0.794. The standard InChI is InChI=1S/C55H35N/c1-2-15-38(16-3-1)56(53-28-14-24-48-42-18-5-4-17-40(42)41-19-6-7-23-47(41)54(48)53)39-32-29-36(30-33-39)37-31-34-46-45-22-10-13-27-51(45)55(52(46)35-37)49-25-11-8-20-43(49)44-21-9-12-26-50(44)55/h1-35H. The molecule has 56 heavy (non-hydrogen) atoms. The first-order valence-corrected chi connectivity index (χ1v) is 19.5. The minimum absolute atomic E-state index is 0.361. The highest BCUT2D eigenvalue weighted by Crippen LogP contribution is 2.63. The van der Waals surface area contributed by atoms with Gasteiger partial charge in [-0.1, -0.05) is 176 Å². The van der Waals surface area contributed by atoms with Gasteiger partial charge in [-0.25, -0.2) is 0 Å². The van der Waals surface area contributed by atoms with E-state index in [0.717, 1.165) is 11.4 Å². The molecule has 0 saturated heterocycles. The van der Waals surface area contributed by atoms with Gasteiger partial charge >= 0.3 is 0 Å². The summed E-state index contributed by atoms with van der Waals surface area (Å²) in [5.74, 6) is 0. The zero-order valence-corrected chi connectivity index (χ0v) is 30.7. The van der Waals surface area contributed by atoms with Crippen LogP contribution in [-0.4, -0.2) is 0 Å². The quantitative estimate of drug-likeness (QED) is 0.164. The zero-order chi connectivity index (χ0) is 36.8. The van der Waals surface area contributed by atoms with Gasteiger partial charge in [0.25, 0.3) is 0 Å². The highest BCUT2D eigenvalue weighted by molar-refractivity contribution is 6.28. The Hall–Kier alpha value is -7.22. The van der Waals surface area contributed by atoms with E-state index >= 15 is 0 Å². The van der Waals surface area contributed by atoms with Gasteiger partial charge in [0.15, 0.2) is 0 Å². The van der Waals surface area contributed by atoms with Crippen molar-refractivity contribution in [2.45, 2.75) is 5.41 Å². The number of benzene rings is 10. The fraction of sp³-hybridized carbons (Fsp3) is 0.0182. The summed E-state index contributed by atoms with van der Waals surface area (Å²) < 4.78 is 0. The lowest BCUT2D eigenvalue weighted by atomic mass is 9.70. The molecule has 1 heteroatoms. The van der Waals surface area contributed by atoms with Crippen molar-refractivity contribution >= 4 is 49.4 Å². The Labute approximate surface area is 326 Å². The van der Waals surface area contributed by atoms with Gasteiger partial charge in [0.2, 0.25) is 0 Å². The van der Waals surface area contributed by atoms with E-state index in [2.05, 4.69) is 217 Å². The molecular formula is C55H35N. The van der Waals surface area contributed by atoms with Gasteiger partial charge < -0.3 is 4.90 Å². The van der Waals surface area contributed by atoms with Crippen LogP contribution in [-0.2, 0) is 5.41 Å².